The van der Waals surface area contributed by atoms with Crippen LogP contribution in [0.2, 0.25) is 0 Å². The first kappa shape index (κ1) is 29.8. The van der Waals surface area contributed by atoms with Crippen LogP contribution in [0.5, 0.6) is 0 Å². The molecule has 250 valence electrons. The summed E-state index contributed by atoms with van der Waals surface area (Å²) >= 11 is 0. The maximum absolute atomic E-state index is 6.84. The maximum atomic E-state index is 6.84. The van der Waals surface area contributed by atoms with E-state index in [1.807, 2.05) is 12.1 Å². The van der Waals surface area contributed by atoms with Crippen LogP contribution in [-0.2, 0) is 6.42 Å². The average Bonchev–Trinajstić information content (AvgIpc) is 3.91. The first-order valence-corrected chi connectivity index (χ1v) is 18.3. The predicted molar refractivity (Wildman–Crippen MR) is 219 cm³/mol. The molecule has 0 bridgehead atoms. The second-order valence-corrected chi connectivity index (χ2v) is 13.8. The van der Waals surface area contributed by atoms with Gasteiger partial charge in [0, 0.05) is 38.7 Å². The minimum atomic E-state index is 0.886. The number of fused-ring (bicyclic) bond motifs is 7. The van der Waals surface area contributed by atoms with Crippen molar-refractivity contribution in [2.24, 2.45) is 0 Å². The maximum Gasteiger partial charge on any atom is 0.159 e. The van der Waals surface area contributed by atoms with Gasteiger partial charge in [0.2, 0.25) is 0 Å². The van der Waals surface area contributed by atoms with Crippen LogP contribution >= 0.6 is 0 Å². The Hall–Kier alpha value is -6.91. The topological polar surface area (TPSA) is 35.9 Å². The lowest BCUT2D eigenvalue weighted by atomic mass is 9.98. The standard InChI is InChI=1S/C49H33N3O/c1-3-13-32(14-4-1)35-29-30-43-40(31-35)38-17-7-9-21-42(38)52(43)45-23-11-19-39-47-37(18-12-24-46(47)53-48(39)45)33-25-27-34(28-26-33)49-50-41-20-8-10-22-44(41)51(49)36-15-5-2-6-16-36/h1-8,10-20,22-31H,9,21H2. The van der Waals surface area contributed by atoms with Crippen LogP contribution in [0.15, 0.2) is 174 Å². The van der Waals surface area contributed by atoms with Crippen molar-refractivity contribution in [3.63, 3.8) is 0 Å². The highest BCUT2D eigenvalue weighted by atomic mass is 16.3. The molecule has 0 spiro atoms. The second-order valence-electron chi connectivity index (χ2n) is 13.8. The van der Waals surface area contributed by atoms with Crippen LogP contribution in [0.3, 0.4) is 0 Å². The van der Waals surface area contributed by atoms with E-state index in [0.717, 1.165) is 79.7 Å². The molecule has 0 fully saturated rings. The lowest BCUT2D eigenvalue weighted by Gasteiger charge is -2.13. The zero-order valence-electron chi connectivity index (χ0n) is 28.9. The van der Waals surface area contributed by atoms with Gasteiger partial charge in [0.1, 0.15) is 11.4 Å². The van der Waals surface area contributed by atoms with Crippen molar-refractivity contribution in [2.75, 3.05) is 0 Å². The molecule has 0 atom stereocenters. The number of hydrogen-bond acceptors (Lipinski definition) is 2. The third-order valence-electron chi connectivity index (χ3n) is 10.8. The van der Waals surface area contributed by atoms with Crippen LogP contribution < -0.4 is 0 Å². The summed E-state index contributed by atoms with van der Waals surface area (Å²) in [6.07, 6.45) is 6.61. The lowest BCUT2D eigenvalue weighted by molar-refractivity contribution is 0.665. The first-order chi connectivity index (χ1) is 26.3. The normalized spacial score (nSPS) is 12.7. The Bertz CT molecular complexity index is 3030. The Kier molecular flexibility index (Phi) is 6.65. The molecule has 1 aliphatic rings. The summed E-state index contributed by atoms with van der Waals surface area (Å²) in [5, 5.41) is 3.52. The Morgan fingerprint density at radius 3 is 2.17 bits per heavy atom. The van der Waals surface area contributed by atoms with E-state index in [1.165, 1.54) is 33.3 Å². The molecule has 0 aliphatic heterocycles. The van der Waals surface area contributed by atoms with Gasteiger partial charge in [0.05, 0.1) is 22.2 Å². The minimum Gasteiger partial charge on any atom is -0.454 e. The quantitative estimate of drug-likeness (QED) is 0.181. The van der Waals surface area contributed by atoms with Gasteiger partial charge in [0.15, 0.2) is 5.58 Å². The van der Waals surface area contributed by atoms with Crippen molar-refractivity contribution in [3.8, 4) is 45.0 Å². The van der Waals surface area contributed by atoms with Gasteiger partial charge in [-0.25, -0.2) is 4.98 Å². The molecule has 0 unspecified atom stereocenters. The average molecular weight is 680 g/mol. The molecule has 11 rings (SSSR count). The number of hydrogen-bond donors (Lipinski definition) is 0. The van der Waals surface area contributed by atoms with E-state index in [2.05, 4.69) is 173 Å². The number of rotatable bonds is 5. The van der Waals surface area contributed by atoms with E-state index in [9.17, 15) is 0 Å². The fourth-order valence-electron chi connectivity index (χ4n) is 8.41. The van der Waals surface area contributed by atoms with Gasteiger partial charge in [-0.05, 0) is 83.6 Å². The van der Waals surface area contributed by atoms with E-state index in [-0.39, 0.29) is 0 Å². The van der Waals surface area contributed by atoms with E-state index < -0.39 is 0 Å². The van der Waals surface area contributed by atoms with Gasteiger partial charge >= 0.3 is 0 Å². The van der Waals surface area contributed by atoms with E-state index in [0.29, 0.717) is 0 Å². The van der Waals surface area contributed by atoms with E-state index in [4.69, 9.17) is 9.40 Å². The number of allylic oxidation sites excluding steroid dienone is 1. The van der Waals surface area contributed by atoms with Gasteiger partial charge in [-0.2, -0.15) is 0 Å². The summed E-state index contributed by atoms with van der Waals surface area (Å²) in [5.74, 6) is 0.925. The highest BCUT2D eigenvalue weighted by Crippen LogP contribution is 2.43. The molecule has 53 heavy (non-hydrogen) atoms. The van der Waals surface area contributed by atoms with Crippen molar-refractivity contribution >= 4 is 50.0 Å². The van der Waals surface area contributed by atoms with Crippen LogP contribution in [0.4, 0.5) is 0 Å². The molecule has 4 heteroatoms. The van der Waals surface area contributed by atoms with Gasteiger partial charge in [-0.3, -0.25) is 4.57 Å². The molecule has 4 nitrogen and oxygen atoms in total. The lowest BCUT2D eigenvalue weighted by Crippen LogP contribution is -2.03. The van der Waals surface area contributed by atoms with Gasteiger partial charge in [-0.15, -0.1) is 0 Å². The smallest absolute Gasteiger partial charge is 0.159 e. The summed E-state index contributed by atoms with van der Waals surface area (Å²) in [7, 11) is 0. The summed E-state index contributed by atoms with van der Waals surface area (Å²) in [5.41, 5.74) is 15.7. The SMILES string of the molecule is C1=Cc2c(n(-c3cccc4c3oc3cccc(-c5ccc(-c6nc7ccccc7n6-c6ccccc6)cc5)c34)c3ccc(-c4ccccc4)cc23)CC1. The Labute approximate surface area is 306 Å². The van der Waals surface area contributed by atoms with Crippen LogP contribution in [0.25, 0.3) is 95.0 Å². The largest absolute Gasteiger partial charge is 0.454 e. The molecule has 0 radical (unpaired) electrons. The predicted octanol–water partition coefficient (Wildman–Crippen LogP) is 12.8. The molecule has 7 aromatic carbocycles. The molecule has 1 aliphatic carbocycles. The van der Waals surface area contributed by atoms with Gasteiger partial charge in [-0.1, -0.05) is 127 Å². The Morgan fingerprint density at radius 1 is 0.547 bits per heavy atom. The fraction of sp³-hybridized carbons (Fsp3) is 0.0408. The van der Waals surface area contributed by atoms with Crippen molar-refractivity contribution < 1.29 is 4.42 Å². The van der Waals surface area contributed by atoms with Crippen molar-refractivity contribution in [2.45, 2.75) is 12.8 Å². The number of benzene rings is 7. The molecule has 0 amide bonds. The fourth-order valence-corrected chi connectivity index (χ4v) is 8.41. The molecule has 3 heterocycles. The number of furan rings is 1. The van der Waals surface area contributed by atoms with Crippen LogP contribution in [-0.4, -0.2) is 14.1 Å². The molecule has 3 aromatic heterocycles. The van der Waals surface area contributed by atoms with Gasteiger partial charge < -0.3 is 8.98 Å². The van der Waals surface area contributed by atoms with Crippen molar-refractivity contribution in [1.82, 2.24) is 14.1 Å². The Morgan fingerprint density at radius 2 is 1.30 bits per heavy atom. The van der Waals surface area contributed by atoms with Crippen LogP contribution in [0, 0.1) is 0 Å². The number of imidazole rings is 1. The molecule has 0 N–H and O–H groups in total. The summed E-state index contributed by atoms with van der Waals surface area (Å²) in [6.45, 7) is 0. The Balaban J connectivity index is 1.05. The second kappa shape index (κ2) is 11.8. The molecular weight excluding hydrogens is 647 g/mol. The highest BCUT2D eigenvalue weighted by molar-refractivity contribution is 6.14. The molecule has 0 saturated carbocycles. The van der Waals surface area contributed by atoms with Crippen molar-refractivity contribution in [1.29, 1.82) is 0 Å². The summed E-state index contributed by atoms with van der Waals surface area (Å²) in [6, 6.07) is 58.1. The zero-order valence-corrected chi connectivity index (χ0v) is 28.9. The molecule has 0 saturated heterocycles. The summed E-state index contributed by atoms with van der Waals surface area (Å²) < 4.78 is 11.5. The number of para-hydroxylation sites is 4. The van der Waals surface area contributed by atoms with Gasteiger partial charge in [0.25, 0.3) is 0 Å². The molecule has 10 aromatic rings. The first-order valence-electron chi connectivity index (χ1n) is 18.3. The number of aromatic nitrogens is 3. The third kappa shape index (κ3) is 4.66. The summed E-state index contributed by atoms with van der Waals surface area (Å²) in [4.78, 5) is 5.09. The number of nitrogens with zero attached hydrogens (tertiary/aromatic N) is 3. The van der Waals surface area contributed by atoms with Crippen molar-refractivity contribution in [3.05, 3.63) is 181 Å². The minimum absolute atomic E-state index is 0.886. The van der Waals surface area contributed by atoms with Crippen LogP contribution in [0.1, 0.15) is 17.7 Å². The zero-order chi connectivity index (χ0) is 34.9. The van der Waals surface area contributed by atoms with E-state index >= 15 is 0 Å². The van der Waals surface area contributed by atoms with E-state index in [1.54, 1.807) is 0 Å². The monoisotopic (exact) mass is 679 g/mol. The molecular formula is C49H33N3O. The highest BCUT2D eigenvalue weighted by Gasteiger charge is 2.23. The third-order valence-corrected chi connectivity index (χ3v) is 10.8.